The molecule has 3 aliphatic heterocycles. The Balaban J connectivity index is 1.45. The van der Waals surface area contributed by atoms with Crippen LogP contribution in [0.25, 0.3) is 0 Å². The Hall–Kier alpha value is -3.14. The van der Waals surface area contributed by atoms with Crippen molar-refractivity contribution in [2.45, 2.75) is 49.9 Å². The number of hydrogen-bond donors (Lipinski definition) is 1. The Labute approximate surface area is 239 Å². The van der Waals surface area contributed by atoms with Gasteiger partial charge in [-0.3, -0.25) is 19.8 Å². The topological polar surface area (TPSA) is 93.9 Å². The van der Waals surface area contributed by atoms with Crippen LogP contribution in [0, 0.1) is 10.1 Å². The Kier molecular flexibility index (Phi) is 6.77. The number of nitrogens with one attached hydrogen (secondary N) is 1. The normalized spacial score (nSPS) is 25.4. The minimum Gasteiger partial charge on any atom is -0.490 e. The SMILES string of the molecule is CCOc1cc([C@@H]2[C@@H]3CCCN3[C@]3(C(=O)Nc4ccccc43)[C@@H]2[N+](=O)[O-])cc(Br)c1OCc1ccccc1Cl. The van der Waals surface area contributed by atoms with E-state index in [-0.39, 0.29) is 23.5 Å². The van der Waals surface area contributed by atoms with Crippen LogP contribution in [0.3, 0.4) is 0 Å². The first kappa shape index (κ1) is 26.1. The molecule has 3 heterocycles. The standard InChI is InChI=1S/C29H27BrClN3O5/c1-2-38-24-15-18(14-20(30)26(24)39-16-17-8-3-5-10-21(17)31)25-23-12-7-13-33(23)29(27(25)34(36)37)19-9-4-6-11-22(19)32-28(29)35/h3-6,8-11,14-15,23,25,27H,2,7,12-13,16H2,1H3,(H,32,35)/t23-,25+,27+,29-/m0/s1. The predicted molar refractivity (Wildman–Crippen MR) is 151 cm³/mol. The Morgan fingerprint density at radius 3 is 2.72 bits per heavy atom. The van der Waals surface area contributed by atoms with Gasteiger partial charge in [0, 0.05) is 39.3 Å². The molecule has 0 aliphatic carbocycles. The summed E-state index contributed by atoms with van der Waals surface area (Å²) in [6.45, 7) is 3.11. The van der Waals surface area contributed by atoms with E-state index in [1.165, 1.54) is 0 Å². The number of anilines is 1. The Bertz CT molecular complexity index is 1470. The molecule has 4 atom stereocenters. The lowest BCUT2D eigenvalue weighted by molar-refractivity contribution is -0.534. The maximum atomic E-state index is 13.7. The lowest BCUT2D eigenvalue weighted by atomic mass is 9.77. The molecule has 0 aromatic heterocycles. The third kappa shape index (κ3) is 4.01. The molecule has 2 fully saturated rings. The minimum absolute atomic E-state index is 0.173. The van der Waals surface area contributed by atoms with Crippen molar-refractivity contribution in [2.24, 2.45) is 0 Å². The number of halogens is 2. The highest BCUT2D eigenvalue weighted by Gasteiger charge is 2.73. The van der Waals surface area contributed by atoms with Gasteiger partial charge in [-0.2, -0.15) is 0 Å². The maximum Gasteiger partial charge on any atom is 0.256 e. The fraction of sp³-hybridized carbons (Fsp3) is 0.345. The summed E-state index contributed by atoms with van der Waals surface area (Å²) in [5.41, 5.74) is 1.51. The van der Waals surface area contributed by atoms with Gasteiger partial charge in [0.2, 0.25) is 0 Å². The van der Waals surface area contributed by atoms with E-state index in [9.17, 15) is 14.9 Å². The molecular weight excluding hydrogens is 586 g/mol. The van der Waals surface area contributed by atoms with Gasteiger partial charge >= 0.3 is 0 Å². The fourth-order valence-corrected chi connectivity index (χ4v) is 7.49. The highest BCUT2D eigenvalue weighted by atomic mass is 79.9. The van der Waals surface area contributed by atoms with E-state index in [1.54, 1.807) is 6.07 Å². The quantitative estimate of drug-likeness (QED) is 0.255. The number of amides is 1. The monoisotopic (exact) mass is 611 g/mol. The first-order valence-electron chi connectivity index (χ1n) is 13.0. The van der Waals surface area contributed by atoms with Crippen molar-refractivity contribution in [1.29, 1.82) is 0 Å². The second-order valence-electron chi connectivity index (χ2n) is 10.1. The molecule has 10 heteroatoms. The second kappa shape index (κ2) is 10.1. The molecule has 0 bridgehead atoms. The van der Waals surface area contributed by atoms with Gasteiger partial charge in [-0.1, -0.05) is 48.0 Å². The van der Waals surface area contributed by atoms with E-state index in [1.807, 2.05) is 61.5 Å². The summed E-state index contributed by atoms with van der Waals surface area (Å²) in [4.78, 5) is 28.4. The molecule has 1 amide bonds. The average molecular weight is 613 g/mol. The summed E-state index contributed by atoms with van der Waals surface area (Å²) in [6, 6.07) is 17.1. The molecule has 0 radical (unpaired) electrons. The van der Waals surface area contributed by atoms with E-state index < -0.39 is 17.5 Å². The Morgan fingerprint density at radius 1 is 1.18 bits per heavy atom. The van der Waals surface area contributed by atoms with Crippen LogP contribution in [-0.4, -0.2) is 41.0 Å². The molecule has 1 spiro atoms. The summed E-state index contributed by atoms with van der Waals surface area (Å²) < 4.78 is 12.8. The van der Waals surface area contributed by atoms with Gasteiger partial charge in [-0.25, -0.2) is 0 Å². The van der Waals surface area contributed by atoms with Gasteiger partial charge in [-0.05, 0) is 65.5 Å². The zero-order valence-corrected chi connectivity index (χ0v) is 23.6. The number of carbonyl (C=O) groups excluding carboxylic acids is 1. The van der Waals surface area contributed by atoms with Crippen LogP contribution in [-0.2, 0) is 16.9 Å². The number of carbonyl (C=O) groups is 1. The molecule has 39 heavy (non-hydrogen) atoms. The first-order chi connectivity index (χ1) is 18.9. The van der Waals surface area contributed by atoms with E-state index in [2.05, 4.69) is 26.1 Å². The minimum atomic E-state index is -1.37. The summed E-state index contributed by atoms with van der Waals surface area (Å²) in [7, 11) is 0. The summed E-state index contributed by atoms with van der Waals surface area (Å²) in [5.74, 6) is 0.118. The van der Waals surface area contributed by atoms with Crippen LogP contribution in [0.5, 0.6) is 11.5 Å². The Morgan fingerprint density at radius 2 is 1.95 bits per heavy atom. The van der Waals surface area contributed by atoms with Gasteiger partial charge < -0.3 is 14.8 Å². The van der Waals surface area contributed by atoms with E-state index in [0.717, 1.165) is 24.0 Å². The van der Waals surface area contributed by atoms with Crippen LogP contribution in [0.1, 0.15) is 42.4 Å². The van der Waals surface area contributed by atoms with Gasteiger partial charge in [0.15, 0.2) is 17.0 Å². The maximum absolute atomic E-state index is 13.7. The zero-order chi connectivity index (χ0) is 27.3. The lowest BCUT2D eigenvalue weighted by Crippen LogP contribution is -2.55. The third-order valence-corrected chi connectivity index (χ3v) is 9.10. The van der Waals surface area contributed by atoms with Crippen LogP contribution in [0.4, 0.5) is 5.69 Å². The molecule has 202 valence electrons. The van der Waals surface area contributed by atoms with Gasteiger partial charge in [0.05, 0.1) is 17.0 Å². The molecule has 8 nitrogen and oxygen atoms in total. The lowest BCUT2D eigenvalue weighted by Gasteiger charge is -2.32. The smallest absolute Gasteiger partial charge is 0.256 e. The highest BCUT2D eigenvalue weighted by Crippen LogP contribution is 2.58. The van der Waals surface area contributed by atoms with Crippen molar-refractivity contribution in [2.75, 3.05) is 18.5 Å². The van der Waals surface area contributed by atoms with Gasteiger partial charge in [0.25, 0.3) is 11.9 Å². The largest absolute Gasteiger partial charge is 0.490 e. The van der Waals surface area contributed by atoms with Crippen molar-refractivity contribution in [3.63, 3.8) is 0 Å². The van der Waals surface area contributed by atoms with Crippen LogP contribution in [0.2, 0.25) is 5.02 Å². The van der Waals surface area contributed by atoms with Crippen LogP contribution >= 0.6 is 27.5 Å². The number of rotatable bonds is 7. The zero-order valence-electron chi connectivity index (χ0n) is 21.2. The highest BCUT2D eigenvalue weighted by molar-refractivity contribution is 9.10. The molecular formula is C29H27BrClN3O5. The van der Waals surface area contributed by atoms with Crippen molar-refractivity contribution in [3.8, 4) is 11.5 Å². The summed E-state index contributed by atoms with van der Waals surface area (Å²) in [6.07, 6.45) is 1.62. The predicted octanol–water partition coefficient (Wildman–Crippen LogP) is 6.13. The molecule has 3 aromatic rings. The number of nitrogens with zero attached hydrogens (tertiary/aromatic N) is 2. The van der Waals surface area contributed by atoms with E-state index >= 15 is 0 Å². The number of benzene rings is 3. The molecule has 2 saturated heterocycles. The molecule has 0 saturated carbocycles. The average Bonchev–Trinajstić information content (AvgIpc) is 3.57. The summed E-state index contributed by atoms with van der Waals surface area (Å²) >= 11 is 9.97. The number of hydrogen-bond acceptors (Lipinski definition) is 6. The van der Waals surface area contributed by atoms with Crippen molar-refractivity contribution in [3.05, 3.63) is 97.0 Å². The van der Waals surface area contributed by atoms with Crippen molar-refractivity contribution in [1.82, 2.24) is 4.90 Å². The number of nitro groups is 1. The van der Waals surface area contributed by atoms with E-state index in [4.69, 9.17) is 21.1 Å². The number of ether oxygens (including phenoxy) is 2. The van der Waals surface area contributed by atoms with Gasteiger partial charge in [-0.15, -0.1) is 0 Å². The molecule has 3 aliphatic rings. The molecule has 1 N–H and O–H groups in total. The number of para-hydroxylation sites is 1. The van der Waals surface area contributed by atoms with Gasteiger partial charge in [0.1, 0.15) is 6.61 Å². The van der Waals surface area contributed by atoms with Crippen molar-refractivity contribution >= 4 is 39.1 Å². The molecule has 0 unspecified atom stereocenters. The van der Waals surface area contributed by atoms with Crippen molar-refractivity contribution < 1.29 is 19.2 Å². The molecule has 3 aromatic carbocycles. The second-order valence-corrected chi connectivity index (χ2v) is 11.3. The fourth-order valence-electron chi connectivity index (χ4n) is 6.72. The molecule has 6 rings (SSSR count). The first-order valence-corrected chi connectivity index (χ1v) is 14.2. The van der Waals surface area contributed by atoms with E-state index in [0.29, 0.717) is 45.4 Å². The summed E-state index contributed by atoms with van der Waals surface area (Å²) in [5, 5.41) is 16.4. The third-order valence-electron chi connectivity index (χ3n) is 8.14. The van der Waals surface area contributed by atoms with Crippen LogP contribution < -0.4 is 14.8 Å². The van der Waals surface area contributed by atoms with Crippen LogP contribution in [0.15, 0.2) is 65.1 Å². The number of fused-ring (bicyclic) bond motifs is 4.